The number of benzene rings is 1. The molecule has 3 N–H and O–H groups in total. The Morgan fingerprint density at radius 1 is 1.48 bits per heavy atom. The van der Waals surface area contributed by atoms with E-state index in [1.54, 1.807) is 0 Å². The van der Waals surface area contributed by atoms with Crippen LogP contribution < -0.4 is 10.9 Å². The van der Waals surface area contributed by atoms with Crippen molar-refractivity contribution in [1.82, 2.24) is 9.97 Å². The molecule has 23 heavy (non-hydrogen) atoms. The second-order valence-corrected chi connectivity index (χ2v) is 5.54. The molecule has 1 heterocycles. The van der Waals surface area contributed by atoms with Crippen LogP contribution >= 0.6 is 23.4 Å². The lowest BCUT2D eigenvalue weighted by molar-refractivity contribution is -0.384. The van der Waals surface area contributed by atoms with E-state index in [1.807, 2.05) is 0 Å². The summed E-state index contributed by atoms with van der Waals surface area (Å²) in [5, 5.41) is 22.5. The smallest absolute Gasteiger partial charge is 0.289 e. The monoisotopic (exact) mass is 356 g/mol. The van der Waals surface area contributed by atoms with Gasteiger partial charge in [0.05, 0.1) is 16.7 Å². The SMILES string of the molecule is O=C(CSc1nc(O)cc(=O)[nH]1)Nc1ccc(Cl)c([N+](=O)[O-])c1. The van der Waals surface area contributed by atoms with E-state index < -0.39 is 22.3 Å². The van der Waals surface area contributed by atoms with Crippen LogP contribution in [0, 0.1) is 10.1 Å². The highest BCUT2D eigenvalue weighted by molar-refractivity contribution is 7.99. The zero-order valence-electron chi connectivity index (χ0n) is 11.3. The number of thioether (sulfide) groups is 1. The molecule has 0 fully saturated rings. The summed E-state index contributed by atoms with van der Waals surface area (Å²) in [4.78, 5) is 39.0. The zero-order valence-corrected chi connectivity index (χ0v) is 12.8. The first kappa shape index (κ1) is 16.8. The van der Waals surface area contributed by atoms with Crippen molar-refractivity contribution in [2.45, 2.75) is 5.16 Å². The summed E-state index contributed by atoms with van der Waals surface area (Å²) < 4.78 is 0. The Morgan fingerprint density at radius 2 is 2.22 bits per heavy atom. The van der Waals surface area contributed by atoms with Crippen molar-refractivity contribution in [3.63, 3.8) is 0 Å². The minimum atomic E-state index is -0.659. The van der Waals surface area contributed by atoms with Gasteiger partial charge in [0.2, 0.25) is 11.8 Å². The number of nitrogens with one attached hydrogen (secondary N) is 2. The lowest BCUT2D eigenvalue weighted by Gasteiger charge is -2.05. The molecule has 0 saturated carbocycles. The number of anilines is 1. The summed E-state index contributed by atoms with van der Waals surface area (Å²) in [5.41, 5.74) is -0.658. The molecule has 1 aromatic carbocycles. The van der Waals surface area contributed by atoms with Crippen LogP contribution in [0.5, 0.6) is 5.88 Å². The van der Waals surface area contributed by atoms with Crippen LogP contribution in [0.25, 0.3) is 0 Å². The lowest BCUT2D eigenvalue weighted by Crippen LogP contribution is -2.15. The third kappa shape index (κ3) is 4.69. The van der Waals surface area contributed by atoms with Crippen LogP contribution in [0.2, 0.25) is 5.02 Å². The van der Waals surface area contributed by atoms with Gasteiger partial charge in [-0.05, 0) is 12.1 Å². The fraction of sp³-hybridized carbons (Fsp3) is 0.0833. The second kappa shape index (κ2) is 7.11. The molecule has 0 radical (unpaired) electrons. The Balaban J connectivity index is 2.01. The molecule has 0 aliphatic carbocycles. The van der Waals surface area contributed by atoms with Crippen molar-refractivity contribution in [3.8, 4) is 5.88 Å². The number of nitrogens with zero attached hydrogens (tertiary/aromatic N) is 2. The highest BCUT2D eigenvalue weighted by Crippen LogP contribution is 2.27. The minimum absolute atomic E-state index is 0.0380. The quantitative estimate of drug-likeness (QED) is 0.321. The van der Waals surface area contributed by atoms with Crippen molar-refractivity contribution in [3.05, 3.63) is 49.8 Å². The van der Waals surface area contributed by atoms with Crippen LogP contribution in [0.15, 0.2) is 34.2 Å². The highest BCUT2D eigenvalue weighted by Gasteiger charge is 2.14. The van der Waals surface area contributed by atoms with Crippen LogP contribution in [-0.4, -0.2) is 31.7 Å². The Kier molecular flexibility index (Phi) is 5.19. The van der Waals surface area contributed by atoms with Gasteiger partial charge >= 0.3 is 0 Å². The maximum Gasteiger partial charge on any atom is 0.289 e. The van der Waals surface area contributed by atoms with Crippen molar-refractivity contribution in [2.75, 3.05) is 11.1 Å². The van der Waals surface area contributed by atoms with Gasteiger partial charge in [0, 0.05) is 11.8 Å². The molecule has 2 rings (SSSR count). The first-order valence-corrected chi connectivity index (χ1v) is 7.38. The number of H-pyrrole nitrogens is 1. The van der Waals surface area contributed by atoms with E-state index in [2.05, 4.69) is 15.3 Å². The average Bonchev–Trinajstić information content (AvgIpc) is 2.46. The molecular weight excluding hydrogens is 348 g/mol. The lowest BCUT2D eigenvalue weighted by atomic mass is 10.3. The number of hydrogen-bond acceptors (Lipinski definition) is 7. The summed E-state index contributed by atoms with van der Waals surface area (Å²) in [6.07, 6.45) is 0. The molecule has 0 bridgehead atoms. The van der Waals surface area contributed by atoms with E-state index >= 15 is 0 Å². The van der Waals surface area contributed by atoms with E-state index in [9.17, 15) is 24.8 Å². The summed E-state index contributed by atoms with van der Waals surface area (Å²) in [5.74, 6) is -1.05. The van der Waals surface area contributed by atoms with Crippen LogP contribution in [0.1, 0.15) is 0 Å². The summed E-state index contributed by atoms with van der Waals surface area (Å²) in [7, 11) is 0. The molecule has 11 heteroatoms. The number of halogens is 1. The van der Waals surface area contributed by atoms with Gasteiger partial charge in [0.25, 0.3) is 11.2 Å². The number of hydrogen-bond donors (Lipinski definition) is 3. The zero-order chi connectivity index (χ0) is 17.0. The van der Waals surface area contributed by atoms with E-state index in [1.165, 1.54) is 12.1 Å². The molecule has 0 aliphatic rings. The predicted octanol–water partition coefficient (Wildman–Crippen LogP) is 1.77. The number of amides is 1. The summed E-state index contributed by atoms with van der Waals surface area (Å²) in [6.45, 7) is 0. The molecule has 1 amide bonds. The Morgan fingerprint density at radius 3 is 2.87 bits per heavy atom. The van der Waals surface area contributed by atoms with E-state index in [0.29, 0.717) is 0 Å². The predicted molar refractivity (Wildman–Crippen MR) is 84.0 cm³/mol. The number of aromatic nitrogens is 2. The van der Waals surface area contributed by atoms with Crippen LogP contribution in [0.4, 0.5) is 11.4 Å². The van der Waals surface area contributed by atoms with Gasteiger partial charge in [0.1, 0.15) is 5.02 Å². The number of nitro benzene ring substituents is 1. The van der Waals surface area contributed by atoms with Crippen molar-refractivity contribution in [1.29, 1.82) is 0 Å². The van der Waals surface area contributed by atoms with Gasteiger partial charge in [-0.2, -0.15) is 4.98 Å². The van der Waals surface area contributed by atoms with Gasteiger partial charge in [-0.15, -0.1) is 0 Å². The minimum Gasteiger partial charge on any atom is -0.493 e. The van der Waals surface area contributed by atoms with E-state index in [0.717, 1.165) is 23.9 Å². The van der Waals surface area contributed by atoms with Crippen molar-refractivity contribution in [2.24, 2.45) is 0 Å². The van der Waals surface area contributed by atoms with E-state index in [4.69, 9.17) is 11.6 Å². The molecule has 2 aromatic rings. The van der Waals surface area contributed by atoms with Gasteiger partial charge in [-0.3, -0.25) is 19.7 Å². The number of carbonyl (C=O) groups is 1. The first-order chi connectivity index (χ1) is 10.8. The van der Waals surface area contributed by atoms with Crippen LogP contribution in [-0.2, 0) is 4.79 Å². The number of nitro groups is 1. The fourth-order valence-corrected chi connectivity index (χ4v) is 2.41. The number of aromatic amines is 1. The number of rotatable bonds is 5. The number of aromatic hydroxyl groups is 1. The van der Waals surface area contributed by atoms with Crippen molar-refractivity contribution >= 4 is 40.6 Å². The maximum absolute atomic E-state index is 11.8. The topological polar surface area (TPSA) is 138 Å². The second-order valence-electron chi connectivity index (χ2n) is 4.17. The number of carbonyl (C=O) groups excluding carboxylic acids is 1. The molecule has 0 spiro atoms. The van der Waals surface area contributed by atoms with Gasteiger partial charge < -0.3 is 15.4 Å². The largest absolute Gasteiger partial charge is 0.493 e. The molecule has 0 saturated heterocycles. The molecular formula is C12H9ClN4O5S. The fourth-order valence-electron chi connectivity index (χ4n) is 1.55. The van der Waals surface area contributed by atoms with Gasteiger partial charge in [0.15, 0.2) is 5.16 Å². The first-order valence-electron chi connectivity index (χ1n) is 6.02. The third-order valence-corrected chi connectivity index (χ3v) is 3.67. The summed E-state index contributed by atoms with van der Waals surface area (Å²) >= 11 is 6.57. The summed E-state index contributed by atoms with van der Waals surface area (Å²) in [6, 6.07) is 4.76. The van der Waals surface area contributed by atoms with Crippen molar-refractivity contribution < 1.29 is 14.8 Å². The van der Waals surface area contributed by atoms with Gasteiger partial charge in [-0.25, -0.2) is 0 Å². The normalized spacial score (nSPS) is 10.3. The highest BCUT2D eigenvalue weighted by atomic mass is 35.5. The molecule has 120 valence electrons. The molecule has 0 unspecified atom stereocenters. The van der Waals surface area contributed by atoms with Gasteiger partial charge in [-0.1, -0.05) is 23.4 Å². The standard InChI is InChI=1S/C12H9ClN4O5S/c13-7-2-1-6(3-8(7)17(21)22)14-11(20)5-23-12-15-9(18)4-10(19)16-12/h1-4H,5H2,(H,14,20)(H2,15,16,18,19). The maximum atomic E-state index is 11.8. The molecule has 9 nitrogen and oxygen atoms in total. The Bertz CT molecular complexity index is 825. The van der Waals surface area contributed by atoms with Crippen LogP contribution in [0.3, 0.4) is 0 Å². The van der Waals surface area contributed by atoms with E-state index in [-0.39, 0.29) is 27.3 Å². The third-order valence-electron chi connectivity index (χ3n) is 2.47. The Labute approximate surface area is 137 Å². The molecule has 0 atom stereocenters. The molecule has 1 aromatic heterocycles. The Hall–Kier alpha value is -2.59. The molecule has 0 aliphatic heterocycles. The average molecular weight is 357 g/mol.